The van der Waals surface area contributed by atoms with Crippen LogP contribution in [0, 0.1) is 0 Å². The van der Waals surface area contributed by atoms with Gasteiger partial charge in [0.2, 0.25) is 0 Å². The van der Waals surface area contributed by atoms with Crippen LogP contribution in [0.2, 0.25) is 0 Å². The molecule has 2 aromatic rings. The van der Waals surface area contributed by atoms with Crippen molar-refractivity contribution < 1.29 is 9.53 Å². The van der Waals surface area contributed by atoms with Crippen LogP contribution in [0.4, 0.5) is 16.2 Å². The van der Waals surface area contributed by atoms with E-state index in [1.165, 1.54) is 0 Å². The predicted octanol–water partition coefficient (Wildman–Crippen LogP) is 3.27. The van der Waals surface area contributed by atoms with Crippen molar-refractivity contribution in [3.8, 4) is 0 Å². The van der Waals surface area contributed by atoms with Gasteiger partial charge in [-0.05, 0) is 46.1 Å². The van der Waals surface area contributed by atoms with Crippen molar-refractivity contribution in [1.29, 1.82) is 0 Å². The smallest absolute Gasteiger partial charge is 0.410 e. The predicted molar refractivity (Wildman–Crippen MR) is 114 cm³/mol. The molecule has 1 unspecified atom stereocenters. The molecule has 0 bridgehead atoms. The van der Waals surface area contributed by atoms with Gasteiger partial charge in [0.05, 0.1) is 0 Å². The molecule has 1 fully saturated rings. The molecule has 0 aromatic heterocycles. The van der Waals surface area contributed by atoms with Gasteiger partial charge in [0, 0.05) is 25.2 Å². The summed E-state index contributed by atoms with van der Waals surface area (Å²) in [6, 6.07) is 9.70. The summed E-state index contributed by atoms with van der Waals surface area (Å²) in [4.78, 5) is 38.0. The third kappa shape index (κ3) is 4.96. The van der Waals surface area contributed by atoms with Crippen molar-refractivity contribution >= 4 is 17.5 Å². The van der Waals surface area contributed by atoms with E-state index in [4.69, 9.17) is 4.74 Å². The van der Waals surface area contributed by atoms with Gasteiger partial charge < -0.3 is 20.3 Å². The fraction of sp³-hybridized carbons (Fsp3) is 0.500. The highest BCUT2D eigenvalue weighted by Gasteiger charge is 2.29. The van der Waals surface area contributed by atoms with Crippen LogP contribution in [-0.2, 0) is 4.74 Å². The number of carbonyl (C=O) groups excluding carboxylic acids is 1. The van der Waals surface area contributed by atoms with E-state index in [9.17, 15) is 14.4 Å². The van der Waals surface area contributed by atoms with E-state index < -0.39 is 16.5 Å². The van der Waals surface area contributed by atoms with E-state index in [-0.39, 0.29) is 18.2 Å². The molecule has 156 valence electrons. The van der Waals surface area contributed by atoms with Crippen LogP contribution in [0.5, 0.6) is 0 Å². The van der Waals surface area contributed by atoms with Gasteiger partial charge in [0.1, 0.15) is 17.0 Å². The van der Waals surface area contributed by atoms with Gasteiger partial charge in [0.15, 0.2) is 0 Å². The van der Waals surface area contributed by atoms with E-state index in [2.05, 4.69) is 10.6 Å². The number of hydrogen-bond donors (Lipinski definition) is 2. The number of carbonyl (C=O) groups is 1. The van der Waals surface area contributed by atoms with Crippen molar-refractivity contribution in [3.05, 3.63) is 56.3 Å². The van der Waals surface area contributed by atoms with Crippen molar-refractivity contribution in [3.63, 3.8) is 0 Å². The molecule has 0 spiro atoms. The number of likely N-dealkylation sites (tertiary alicyclic amines) is 1. The molecule has 0 radical (unpaired) electrons. The zero-order valence-corrected chi connectivity index (χ0v) is 17.5. The zero-order valence-electron chi connectivity index (χ0n) is 17.5. The Bertz CT molecular complexity index is 918. The lowest BCUT2D eigenvalue weighted by Crippen LogP contribution is -2.46. The maximum absolute atomic E-state index is 12.2. The third-order valence-electron chi connectivity index (χ3n) is 5.07. The first kappa shape index (κ1) is 20.9. The number of hydrogen-bond acceptors (Lipinski definition) is 6. The quantitative estimate of drug-likeness (QED) is 0.751. The zero-order chi connectivity index (χ0) is 21.2. The fourth-order valence-electron chi connectivity index (χ4n) is 3.45. The van der Waals surface area contributed by atoms with Crippen LogP contribution < -0.4 is 21.5 Å². The van der Waals surface area contributed by atoms with Crippen LogP contribution >= 0.6 is 0 Å². The summed E-state index contributed by atoms with van der Waals surface area (Å²) in [6.45, 7) is 8.58. The summed E-state index contributed by atoms with van der Waals surface area (Å²) in [6.07, 6.45) is 1.06. The number of rotatable bonds is 5. The molecular formula is C22H29N3O4. The number of amides is 1. The first-order valence-electron chi connectivity index (χ1n) is 10.0. The molecule has 7 nitrogen and oxygen atoms in total. The van der Waals surface area contributed by atoms with Gasteiger partial charge in [-0.25, -0.2) is 4.79 Å². The first-order valence-corrected chi connectivity index (χ1v) is 10.0. The van der Waals surface area contributed by atoms with Crippen LogP contribution in [-0.4, -0.2) is 35.7 Å². The molecule has 29 heavy (non-hydrogen) atoms. The van der Waals surface area contributed by atoms with Crippen LogP contribution in [0.3, 0.4) is 0 Å². The number of ether oxygens (including phenoxy) is 1. The highest BCUT2D eigenvalue weighted by atomic mass is 16.6. The standard InChI is InChI=1S/C22H29N3O4/c1-14(15-8-6-5-7-9-15)23-17-18(20(27)19(17)26)24-16-10-12-25(13-11-16)21(28)29-22(2,3)4/h5-9,14,16,23-24H,10-13H2,1-4H3. The number of nitrogens with one attached hydrogen (secondary N) is 2. The number of piperidine rings is 1. The molecule has 1 heterocycles. The maximum atomic E-state index is 12.2. The molecule has 1 atom stereocenters. The van der Waals surface area contributed by atoms with Crippen molar-refractivity contribution in [1.82, 2.24) is 4.90 Å². The summed E-state index contributed by atoms with van der Waals surface area (Å²) in [5, 5.41) is 6.39. The summed E-state index contributed by atoms with van der Waals surface area (Å²) < 4.78 is 5.41. The summed E-state index contributed by atoms with van der Waals surface area (Å²) in [5.41, 5.74) is 0.251. The number of benzene rings is 1. The summed E-state index contributed by atoms with van der Waals surface area (Å²) in [7, 11) is 0. The molecule has 1 aliphatic rings. The van der Waals surface area contributed by atoms with Gasteiger partial charge in [0.25, 0.3) is 10.9 Å². The molecule has 0 saturated carbocycles. The molecule has 0 aliphatic carbocycles. The van der Waals surface area contributed by atoms with Crippen molar-refractivity contribution in [2.75, 3.05) is 23.7 Å². The second-order valence-electron chi connectivity index (χ2n) is 8.57. The van der Waals surface area contributed by atoms with Gasteiger partial charge in [-0.1, -0.05) is 30.3 Å². The fourth-order valence-corrected chi connectivity index (χ4v) is 3.45. The molecule has 7 heteroatoms. The van der Waals surface area contributed by atoms with E-state index in [0.717, 1.165) is 5.56 Å². The largest absolute Gasteiger partial charge is 0.444 e. The van der Waals surface area contributed by atoms with Crippen molar-refractivity contribution in [2.45, 2.75) is 58.2 Å². The average molecular weight is 399 g/mol. The second-order valence-corrected chi connectivity index (χ2v) is 8.57. The second kappa shape index (κ2) is 8.27. The molecule has 2 aromatic carbocycles. The Morgan fingerprint density at radius 2 is 1.66 bits per heavy atom. The lowest BCUT2D eigenvalue weighted by molar-refractivity contribution is 0.0210. The summed E-state index contributed by atoms with van der Waals surface area (Å²) in [5.74, 6) is 0. The van der Waals surface area contributed by atoms with Gasteiger partial charge >= 0.3 is 6.09 Å². The molecule has 1 aliphatic heterocycles. The molecule has 1 amide bonds. The minimum absolute atomic E-state index is 0.0320. The first-order chi connectivity index (χ1) is 13.7. The number of anilines is 2. The van der Waals surface area contributed by atoms with Crippen LogP contribution in [0.1, 0.15) is 52.1 Å². The third-order valence-corrected chi connectivity index (χ3v) is 5.07. The van der Waals surface area contributed by atoms with Crippen LogP contribution in [0.15, 0.2) is 39.9 Å². The normalized spacial score (nSPS) is 16.5. The van der Waals surface area contributed by atoms with E-state index in [1.807, 2.05) is 58.0 Å². The van der Waals surface area contributed by atoms with E-state index >= 15 is 0 Å². The maximum Gasteiger partial charge on any atom is 0.410 e. The Morgan fingerprint density at radius 1 is 1.07 bits per heavy atom. The minimum atomic E-state index is -0.522. The summed E-state index contributed by atoms with van der Waals surface area (Å²) >= 11 is 0. The average Bonchev–Trinajstić information content (AvgIpc) is 2.70. The Balaban J connectivity index is 1.58. The molecule has 2 N–H and O–H groups in total. The SMILES string of the molecule is CC(Nc1c(NC2CCN(C(=O)OC(C)(C)C)CC2)c(=O)c1=O)c1ccccc1. The Morgan fingerprint density at radius 3 is 2.24 bits per heavy atom. The highest BCUT2D eigenvalue weighted by molar-refractivity contribution is 5.75. The lowest BCUT2D eigenvalue weighted by atomic mass is 10.0. The minimum Gasteiger partial charge on any atom is -0.444 e. The lowest BCUT2D eigenvalue weighted by Gasteiger charge is -2.34. The van der Waals surface area contributed by atoms with E-state index in [1.54, 1.807) is 4.90 Å². The molecule has 1 saturated heterocycles. The van der Waals surface area contributed by atoms with Gasteiger partial charge in [-0.3, -0.25) is 9.59 Å². The number of nitrogens with zero attached hydrogens (tertiary/aromatic N) is 1. The monoisotopic (exact) mass is 399 g/mol. The van der Waals surface area contributed by atoms with Gasteiger partial charge in [-0.2, -0.15) is 0 Å². The molecular weight excluding hydrogens is 370 g/mol. The molecule has 3 rings (SSSR count). The van der Waals surface area contributed by atoms with Crippen molar-refractivity contribution in [2.24, 2.45) is 0 Å². The highest BCUT2D eigenvalue weighted by Crippen LogP contribution is 2.25. The Kier molecular flexibility index (Phi) is 5.96. The Hall–Kier alpha value is -2.83. The van der Waals surface area contributed by atoms with Gasteiger partial charge in [-0.15, -0.1) is 0 Å². The van der Waals surface area contributed by atoms with Crippen LogP contribution in [0.25, 0.3) is 0 Å². The van der Waals surface area contributed by atoms with E-state index in [0.29, 0.717) is 37.3 Å². The topological polar surface area (TPSA) is 87.7 Å². The Labute approximate surface area is 170 Å².